The molecular formula is C35H39Cl2N9O4. The summed E-state index contributed by atoms with van der Waals surface area (Å²) in [4.78, 5) is 26.2. The first kappa shape index (κ1) is 34.0. The second kappa shape index (κ2) is 14.4. The zero-order valence-corrected chi connectivity index (χ0v) is 29.6. The molecule has 0 spiro atoms. The van der Waals surface area contributed by atoms with Gasteiger partial charge in [0, 0.05) is 41.9 Å². The Morgan fingerprint density at radius 2 is 1.86 bits per heavy atom. The van der Waals surface area contributed by atoms with E-state index in [-0.39, 0.29) is 30.4 Å². The number of pyridine rings is 1. The molecule has 5 aromatic rings. The van der Waals surface area contributed by atoms with Crippen LogP contribution in [-0.2, 0) is 21.8 Å². The molecule has 7 rings (SSSR count). The minimum Gasteiger partial charge on any atom is -0.491 e. The van der Waals surface area contributed by atoms with Crippen LogP contribution in [-0.4, -0.2) is 79.1 Å². The van der Waals surface area contributed by atoms with Gasteiger partial charge < -0.3 is 24.0 Å². The van der Waals surface area contributed by atoms with Crippen molar-refractivity contribution < 1.29 is 14.2 Å². The van der Waals surface area contributed by atoms with Gasteiger partial charge in [-0.2, -0.15) is 10.2 Å². The summed E-state index contributed by atoms with van der Waals surface area (Å²) in [6, 6.07) is 17.6. The third kappa shape index (κ3) is 6.95. The van der Waals surface area contributed by atoms with E-state index >= 15 is 0 Å². The molecule has 2 aliphatic rings. The van der Waals surface area contributed by atoms with Crippen LogP contribution in [0, 0.1) is 0 Å². The fraction of sp³-hybridized carbons (Fsp3) is 0.400. The number of piperazine rings is 1. The lowest BCUT2D eigenvalue weighted by atomic mass is 10.1. The average molecular weight is 721 g/mol. The van der Waals surface area contributed by atoms with Crippen LogP contribution in [0.4, 0.5) is 11.5 Å². The largest absolute Gasteiger partial charge is 0.491 e. The van der Waals surface area contributed by atoms with Crippen LogP contribution < -0.4 is 20.2 Å². The van der Waals surface area contributed by atoms with Crippen LogP contribution in [0.1, 0.15) is 38.8 Å². The zero-order valence-electron chi connectivity index (χ0n) is 28.1. The fourth-order valence-corrected chi connectivity index (χ4v) is 6.98. The fourth-order valence-electron chi connectivity index (χ4n) is 6.43. The Morgan fingerprint density at radius 1 is 1.04 bits per heavy atom. The van der Waals surface area contributed by atoms with Crippen molar-refractivity contribution in [1.29, 1.82) is 0 Å². The maximum Gasteiger partial charge on any atom is 0.350 e. The molecule has 3 aromatic heterocycles. The lowest BCUT2D eigenvalue weighted by molar-refractivity contribution is -0.190. The van der Waals surface area contributed by atoms with E-state index in [1.54, 1.807) is 35.7 Å². The van der Waals surface area contributed by atoms with Gasteiger partial charge in [-0.05, 0) is 68.8 Å². The number of nitrogens with zero attached hydrogens (tertiary/aromatic N) is 9. The van der Waals surface area contributed by atoms with E-state index in [1.165, 1.54) is 15.6 Å². The van der Waals surface area contributed by atoms with Gasteiger partial charge in [0.15, 0.2) is 0 Å². The molecule has 2 fully saturated rings. The quantitative estimate of drug-likeness (QED) is 0.177. The van der Waals surface area contributed by atoms with Crippen molar-refractivity contribution >= 4 is 34.7 Å². The number of halogens is 2. The normalized spacial score (nSPS) is 21.5. The summed E-state index contributed by atoms with van der Waals surface area (Å²) in [5, 5.41) is 9.48. The average Bonchev–Trinajstić information content (AvgIpc) is 3.88. The Balaban J connectivity index is 0.945. The summed E-state index contributed by atoms with van der Waals surface area (Å²) in [6.45, 7) is 9.56. The highest BCUT2D eigenvalue weighted by molar-refractivity contribution is 6.35. The molecule has 15 heteroatoms. The topological polar surface area (TPSA) is 118 Å². The van der Waals surface area contributed by atoms with Crippen LogP contribution in [0.5, 0.6) is 5.75 Å². The van der Waals surface area contributed by atoms with Crippen LogP contribution in [0.3, 0.4) is 0 Å². The second-order valence-corrected chi connectivity index (χ2v) is 13.5. The van der Waals surface area contributed by atoms with Crippen molar-refractivity contribution in [1.82, 2.24) is 34.1 Å². The first-order chi connectivity index (χ1) is 24.2. The highest BCUT2D eigenvalue weighted by Crippen LogP contribution is 2.40. The molecule has 262 valence electrons. The Morgan fingerprint density at radius 3 is 2.56 bits per heavy atom. The SMILES string of the molecule is CCC(C)n1ncn(-c2ccc(N3CCN(c4ccc(OCC5COC(Cn6cncn6)(c6ccc(Cl)cc6Cl)O5)cc4)C(C)C3)nc2)c1=O. The van der Waals surface area contributed by atoms with Gasteiger partial charge >= 0.3 is 5.69 Å². The molecule has 50 heavy (non-hydrogen) atoms. The molecule has 0 aliphatic carbocycles. The third-order valence-electron chi connectivity index (χ3n) is 9.31. The monoisotopic (exact) mass is 719 g/mol. The number of benzene rings is 2. The highest BCUT2D eigenvalue weighted by atomic mass is 35.5. The molecular weight excluding hydrogens is 681 g/mol. The van der Waals surface area contributed by atoms with Gasteiger partial charge in [0.05, 0.1) is 29.6 Å². The van der Waals surface area contributed by atoms with Crippen LogP contribution >= 0.6 is 23.2 Å². The highest BCUT2D eigenvalue weighted by Gasteiger charge is 2.45. The smallest absolute Gasteiger partial charge is 0.350 e. The molecule has 0 amide bonds. The summed E-state index contributed by atoms with van der Waals surface area (Å²) in [6.07, 6.45) is 6.86. The number of aromatic nitrogens is 7. The van der Waals surface area contributed by atoms with Crippen molar-refractivity contribution in [3.8, 4) is 11.4 Å². The second-order valence-electron chi connectivity index (χ2n) is 12.7. The first-order valence-corrected chi connectivity index (χ1v) is 17.5. The van der Waals surface area contributed by atoms with Crippen LogP contribution in [0.25, 0.3) is 5.69 Å². The number of hydrogen-bond donors (Lipinski definition) is 0. The van der Waals surface area contributed by atoms with Gasteiger partial charge in [-0.15, -0.1) is 0 Å². The molecule has 0 saturated carbocycles. The Bertz CT molecular complexity index is 1950. The zero-order chi connectivity index (χ0) is 34.8. The molecule has 13 nitrogen and oxygen atoms in total. The minimum atomic E-state index is -1.17. The van der Waals surface area contributed by atoms with Crippen molar-refractivity contribution in [3.05, 3.63) is 106 Å². The number of anilines is 2. The molecule has 0 bridgehead atoms. The summed E-state index contributed by atoms with van der Waals surface area (Å²) >= 11 is 12.8. The van der Waals surface area contributed by atoms with E-state index < -0.39 is 5.79 Å². The molecule has 2 aromatic carbocycles. The predicted molar refractivity (Wildman–Crippen MR) is 191 cm³/mol. The molecule has 4 atom stereocenters. The molecule has 0 N–H and O–H groups in total. The number of ether oxygens (including phenoxy) is 3. The molecule has 2 aliphatic heterocycles. The van der Waals surface area contributed by atoms with Gasteiger partial charge in [-0.25, -0.2) is 28.7 Å². The van der Waals surface area contributed by atoms with Crippen molar-refractivity contribution in [3.63, 3.8) is 0 Å². The Hall–Kier alpha value is -4.43. The molecule has 5 heterocycles. The molecule has 4 unspecified atom stereocenters. The van der Waals surface area contributed by atoms with E-state index in [9.17, 15) is 4.79 Å². The lowest BCUT2D eigenvalue weighted by Crippen LogP contribution is -2.52. The summed E-state index contributed by atoms with van der Waals surface area (Å²) in [5.41, 5.74) is 2.32. The predicted octanol–water partition coefficient (Wildman–Crippen LogP) is 5.36. The Kier molecular flexibility index (Phi) is 9.82. The van der Waals surface area contributed by atoms with Crippen molar-refractivity contribution in [2.24, 2.45) is 0 Å². The maximum atomic E-state index is 12.8. The summed E-state index contributed by atoms with van der Waals surface area (Å²) in [7, 11) is 0. The minimum absolute atomic E-state index is 0.0408. The summed E-state index contributed by atoms with van der Waals surface area (Å²) < 4.78 is 23.6. The van der Waals surface area contributed by atoms with Crippen molar-refractivity contribution in [2.75, 3.05) is 42.6 Å². The van der Waals surface area contributed by atoms with Crippen LogP contribution in [0.2, 0.25) is 10.0 Å². The van der Waals surface area contributed by atoms with Gasteiger partial charge in [0.2, 0.25) is 5.79 Å². The molecule has 0 radical (unpaired) electrons. The summed E-state index contributed by atoms with van der Waals surface area (Å²) in [5.74, 6) is 0.452. The van der Waals surface area contributed by atoms with Gasteiger partial charge in [0.1, 0.15) is 49.8 Å². The first-order valence-electron chi connectivity index (χ1n) is 16.7. The van der Waals surface area contributed by atoms with E-state index in [1.807, 2.05) is 44.2 Å². The van der Waals surface area contributed by atoms with E-state index in [0.29, 0.717) is 34.5 Å². The van der Waals surface area contributed by atoms with Crippen LogP contribution in [0.15, 0.2) is 84.6 Å². The lowest BCUT2D eigenvalue weighted by Gasteiger charge is -2.41. The number of hydrogen-bond acceptors (Lipinski definition) is 10. The van der Waals surface area contributed by atoms with E-state index in [2.05, 4.69) is 44.0 Å². The van der Waals surface area contributed by atoms with Gasteiger partial charge in [-0.3, -0.25) is 0 Å². The maximum absolute atomic E-state index is 12.8. The Labute approximate surface area is 299 Å². The van der Waals surface area contributed by atoms with Gasteiger partial charge in [0.25, 0.3) is 0 Å². The third-order valence-corrected chi connectivity index (χ3v) is 9.85. The van der Waals surface area contributed by atoms with E-state index in [4.69, 9.17) is 42.4 Å². The van der Waals surface area contributed by atoms with Gasteiger partial charge in [-0.1, -0.05) is 36.2 Å². The number of rotatable bonds is 11. The standard InChI is InChI=1S/C35H39Cl2N9O4/c1-4-24(2)46-34(47)45(23-41-46)28-8-12-33(39-16-28)42-13-14-44(25(3)17-42)27-6-9-29(10-7-27)48-18-30-19-49-35(50-30,20-43-22-38-21-40-43)31-11-5-26(36)15-32(31)37/h5-12,15-16,21-25,30H,4,13-14,17-20H2,1-3H3. The molecule has 2 saturated heterocycles. The van der Waals surface area contributed by atoms with E-state index in [0.717, 1.165) is 43.3 Å². The van der Waals surface area contributed by atoms with Crippen molar-refractivity contribution in [2.45, 2.75) is 57.7 Å².